The van der Waals surface area contributed by atoms with Crippen molar-refractivity contribution in [2.45, 2.75) is 31.5 Å². The Morgan fingerprint density at radius 3 is 2.25 bits per heavy atom. The number of ether oxygens (including phenoxy) is 1. The Morgan fingerprint density at radius 1 is 1.17 bits per heavy atom. The lowest BCUT2D eigenvalue weighted by Gasteiger charge is -2.38. The SMILES string of the molecule is C[C@@H]1[C@@H](O)[C@@H](O)O[C@H](CO)[C@H]1O. The fourth-order valence-corrected chi connectivity index (χ4v) is 1.29. The first kappa shape index (κ1) is 9.88. The molecule has 1 aliphatic heterocycles. The summed E-state index contributed by atoms with van der Waals surface area (Å²) in [5.74, 6) is -0.495. The Kier molecular flexibility index (Phi) is 3.03. The van der Waals surface area contributed by atoms with Gasteiger partial charge in [-0.2, -0.15) is 0 Å². The number of aliphatic hydroxyl groups excluding tert-OH is 4. The fourth-order valence-electron chi connectivity index (χ4n) is 1.29. The number of hydrogen-bond donors (Lipinski definition) is 4. The molecule has 1 fully saturated rings. The summed E-state index contributed by atoms with van der Waals surface area (Å²) in [5, 5.41) is 36.4. The van der Waals surface area contributed by atoms with Crippen molar-refractivity contribution in [1.82, 2.24) is 0 Å². The van der Waals surface area contributed by atoms with Gasteiger partial charge in [-0.25, -0.2) is 0 Å². The van der Waals surface area contributed by atoms with Crippen molar-refractivity contribution in [2.24, 2.45) is 5.92 Å². The minimum atomic E-state index is -1.32. The first-order valence-corrected chi connectivity index (χ1v) is 3.88. The van der Waals surface area contributed by atoms with Crippen LogP contribution in [0.25, 0.3) is 0 Å². The quantitative estimate of drug-likeness (QED) is 0.375. The Balaban J connectivity index is 2.63. The Morgan fingerprint density at radius 2 is 1.75 bits per heavy atom. The first-order chi connectivity index (χ1) is 5.57. The lowest BCUT2D eigenvalue weighted by Crippen LogP contribution is -2.54. The third kappa shape index (κ3) is 1.60. The van der Waals surface area contributed by atoms with Crippen LogP contribution in [-0.2, 0) is 4.74 Å². The maximum Gasteiger partial charge on any atom is 0.181 e. The van der Waals surface area contributed by atoms with E-state index in [-0.39, 0.29) is 6.61 Å². The molecule has 0 unspecified atom stereocenters. The van der Waals surface area contributed by atoms with E-state index in [9.17, 15) is 10.2 Å². The molecule has 0 spiro atoms. The van der Waals surface area contributed by atoms with Gasteiger partial charge in [-0.05, 0) is 0 Å². The lowest BCUT2D eigenvalue weighted by molar-refractivity contribution is -0.271. The minimum absolute atomic E-state index is 0.366. The van der Waals surface area contributed by atoms with Crippen LogP contribution >= 0.6 is 0 Å². The van der Waals surface area contributed by atoms with Crippen LogP contribution in [0.2, 0.25) is 0 Å². The van der Waals surface area contributed by atoms with Crippen molar-refractivity contribution < 1.29 is 25.2 Å². The summed E-state index contributed by atoms with van der Waals surface area (Å²) in [7, 11) is 0. The van der Waals surface area contributed by atoms with Crippen LogP contribution in [0, 0.1) is 5.92 Å². The Hall–Kier alpha value is -0.200. The molecule has 0 aromatic rings. The fraction of sp³-hybridized carbons (Fsp3) is 1.00. The highest BCUT2D eigenvalue weighted by molar-refractivity contribution is 4.85. The first-order valence-electron chi connectivity index (χ1n) is 3.88. The zero-order valence-electron chi connectivity index (χ0n) is 6.79. The second-order valence-electron chi connectivity index (χ2n) is 3.09. The van der Waals surface area contributed by atoms with Gasteiger partial charge < -0.3 is 25.2 Å². The van der Waals surface area contributed by atoms with Crippen molar-refractivity contribution in [1.29, 1.82) is 0 Å². The van der Waals surface area contributed by atoms with E-state index in [0.29, 0.717) is 0 Å². The van der Waals surface area contributed by atoms with E-state index >= 15 is 0 Å². The maximum absolute atomic E-state index is 9.37. The van der Waals surface area contributed by atoms with Crippen molar-refractivity contribution >= 4 is 0 Å². The van der Waals surface area contributed by atoms with Crippen molar-refractivity contribution in [3.8, 4) is 0 Å². The van der Waals surface area contributed by atoms with Gasteiger partial charge in [0.1, 0.15) is 12.2 Å². The molecule has 0 aromatic heterocycles. The van der Waals surface area contributed by atoms with Crippen molar-refractivity contribution in [3.05, 3.63) is 0 Å². The second kappa shape index (κ2) is 3.68. The highest BCUT2D eigenvalue weighted by Crippen LogP contribution is 2.24. The molecule has 0 aliphatic carbocycles. The molecule has 1 heterocycles. The van der Waals surface area contributed by atoms with Gasteiger partial charge in [-0.15, -0.1) is 0 Å². The van der Waals surface area contributed by atoms with E-state index in [2.05, 4.69) is 0 Å². The standard InChI is InChI=1S/C7H14O5/c1-3-5(9)4(2-8)12-7(11)6(3)10/h3-11H,2H2,1H3/t3-,4+,5-,6+,7-/m0/s1. The third-order valence-corrected chi connectivity index (χ3v) is 2.24. The lowest BCUT2D eigenvalue weighted by atomic mass is 9.91. The molecule has 1 saturated heterocycles. The molecule has 1 aliphatic rings. The Labute approximate surface area is 70.2 Å². The molecule has 0 saturated carbocycles. The average Bonchev–Trinajstić information content (AvgIpc) is 2.08. The molecule has 1 rings (SSSR count). The van der Waals surface area contributed by atoms with Crippen LogP contribution in [0.4, 0.5) is 0 Å². The molecule has 0 amide bonds. The summed E-state index contributed by atoms with van der Waals surface area (Å²) in [4.78, 5) is 0. The second-order valence-corrected chi connectivity index (χ2v) is 3.09. The monoisotopic (exact) mass is 178 g/mol. The third-order valence-electron chi connectivity index (χ3n) is 2.24. The summed E-state index contributed by atoms with van der Waals surface area (Å²) in [6, 6.07) is 0. The van der Waals surface area contributed by atoms with E-state index in [4.69, 9.17) is 14.9 Å². The zero-order chi connectivity index (χ0) is 9.30. The highest BCUT2D eigenvalue weighted by Gasteiger charge is 2.40. The summed E-state index contributed by atoms with van der Waals surface area (Å²) < 4.78 is 4.74. The summed E-state index contributed by atoms with van der Waals surface area (Å²) in [6.45, 7) is 1.22. The van der Waals surface area contributed by atoms with E-state index in [1.54, 1.807) is 6.92 Å². The van der Waals surface area contributed by atoms with E-state index in [0.717, 1.165) is 0 Å². The molecule has 0 bridgehead atoms. The van der Waals surface area contributed by atoms with Gasteiger partial charge in [0.05, 0.1) is 12.7 Å². The molecule has 0 aromatic carbocycles. The molecule has 4 N–H and O–H groups in total. The van der Waals surface area contributed by atoms with Crippen LogP contribution in [0.3, 0.4) is 0 Å². The molecular formula is C7H14O5. The average molecular weight is 178 g/mol. The van der Waals surface area contributed by atoms with Crippen LogP contribution in [-0.4, -0.2) is 51.6 Å². The van der Waals surface area contributed by atoms with Gasteiger partial charge >= 0.3 is 0 Å². The molecular weight excluding hydrogens is 164 g/mol. The predicted molar refractivity (Wildman–Crippen MR) is 39.1 cm³/mol. The van der Waals surface area contributed by atoms with Crippen molar-refractivity contribution in [2.75, 3.05) is 6.61 Å². The normalized spacial score (nSPS) is 49.2. The zero-order valence-corrected chi connectivity index (χ0v) is 6.79. The summed E-state index contributed by atoms with van der Waals surface area (Å²) in [6.07, 6.45) is -4.16. The van der Waals surface area contributed by atoms with Crippen LogP contribution < -0.4 is 0 Å². The summed E-state index contributed by atoms with van der Waals surface area (Å²) >= 11 is 0. The van der Waals surface area contributed by atoms with Gasteiger partial charge in [0.2, 0.25) is 0 Å². The number of rotatable bonds is 1. The van der Waals surface area contributed by atoms with E-state index < -0.39 is 30.5 Å². The van der Waals surface area contributed by atoms with E-state index in [1.165, 1.54) is 0 Å². The topological polar surface area (TPSA) is 90.2 Å². The number of aliphatic hydroxyl groups is 4. The molecule has 5 nitrogen and oxygen atoms in total. The molecule has 0 radical (unpaired) electrons. The molecule has 72 valence electrons. The van der Waals surface area contributed by atoms with Crippen LogP contribution in [0.1, 0.15) is 6.92 Å². The van der Waals surface area contributed by atoms with Gasteiger partial charge in [0.15, 0.2) is 6.29 Å². The smallest absolute Gasteiger partial charge is 0.181 e. The van der Waals surface area contributed by atoms with Crippen LogP contribution in [0.15, 0.2) is 0 Å². The van der Waals surface area contributed by atoms with E-state index in [1.807, 2.05) is 0 Å². The summed E-state index contributed by atoms with van der Waals surface area (Å²) in [5.41, 5.74) is 0. The molecule has 5 atom stereocenters. The van der Waals surface area contributed by atoms with Gasteiger partial charge in [-0.3, -0.25) is 0 Å². The molecule has 5 heteroatoms. The highest BCUT2D eigenvalue weighted by atomic mass is 16.6. The predicted octanol–water partition coefficient (Wildman–Crippen LogP) is -1.95. The van der Waals surface area contributed by atoms with Crippen molar-refractivity contribution in [3.63, 3.8) is 0 Å². The van der Waals surface area contributed by atoms with Gasteiger partial charge in [0, 0.05) is 5.92 Å². The molecule has 12 heavy (non-hydrogen) atoms. The maximum atomic E-state index is 9.37. The van der Waals surface area contributed by atoms with Crippen LogP contribution in [0.5, 0.6) is 0 Å². The number of hydrogen-bond acceptors (Lipinski definition) is 5. The Bertz CT molecular complexity index is 146. The van der Waals surface area contributed by atoms with Gasteiger partial charge in [0.25, 0.3) is 0 Å². The largest absolute Gasteiger partial charge is 0.394 e. The van der Waals surface area contributed by atoms with Gasteiger partial charge in [-0.1, -0.05) is 6.92 Å². The minimum Gasteiger partial charge on any atom is -0.394 e.